The van der Waals surface area contributed by atoms with Crippen molar-refractivity contribution in [3.63, 3.8) is 0 Å². The van der Waals surface area contributed by atoms with E-state index in [1.807, 2.05) is 49.3 Å². The number of rotatable bonds is 5. The van der Waals surface area contributed by atoms with Crippen molar-refractivity contribution >= 4 is 28.9 Å². The SMILES string of the molecule is Cc1cc(C(=O)Nc2cccc(C#N)c2)nc(Nc2ccc(N(C)C)cc2)n1. The highest BCUT2D eigenvalue weighted by atomic mass is 16.1. The number of hydrogen-bond acceptors (Lipinski definition) is 6. The Morgan fingerprint density at radius 3 is 2.46 bits per heavy atom. The zero-order valence-electron chi connectivity index (χ0n) is 15.9. The van der Waals surface area contributed by atoms with Gasteiger partial charge in [0, 0.05) is 36.9 Å². The molecule has 1 aromatic heterocycles. The summed E-state index contributed by atoms with van der Waals surface area (Å²) in [6, 6.07) is 18.2. The smallest absolute Gasteiger partial charge is 0.274 e. The lowest BCUT2D eigenvalue weighted by atomic mass is 10.2. The van der Waals surface area contributed by atoms with Crippen LogP contribution in [-0.2, 0) is 0 Å². The van der Waals surface area contributed by atoms with Crippen molar-refractivity contribution in [2.45, 2.75) is 6.92 Å². The summed E-state index contributed by atoms with van der Waals surface area (Å²) in [6.45, 7) is 1.80. The van der Waals surface area contributed by atoms with E-state index in [2.05, 4.69) is 20.6 Å². The second-order valence-electron chi connectivity index (χ2n) is 6.43. The first-order valence-corrected chi connectivity index (χ1v) is 8.66. The maximum atomic E-state index is 12.6. The lowest BCUT2D eigenvalue weighted by molar-refractivity contribution is 0.102. The Morgan fingerprint density at radius 2 is 1.79 bits per heavy atom. The first kappa shape index (κ1) is 18.9. The van der Waals surface area contributed by atoms with Crippen LogP contribution in [0.4, 0.5) is 23.0 Å². The number of nitriles is 1. The van der Waals surface area contributed by atoms with Crippen molar-refractivity contribution < 1.29 is 4.79 Å². The van der Waals surface area contributed by atoms with Crippen molar-refractivity contribution in [3.8, 4) is 6.07 Å². The minimum atomic E-state index is -0.369. The molecule has 3 rings (SSSR count). The maximum absolute atomic E-state index is 12.6. The Hall–Kier alpha value is -3.92. The molecule has 1 amide bonds. The number of amides is 1. The molecule has 2 N–H and O–H groups in total. The minimum Gasteiger partial charge on any atom is -0.378 e. The van der Waals surface area contributed by atoms with E-state index in [0.29, 0.717) is 22.9 Å². The molecule has 0 unspecified atom stereocenters. The minimum absolute atomic E-state index is 0.238. The number of carbonyl (C=O) groups is 1. The molecule has 0 saturated carbocycles. The van der Waals surface area contributed by atoms with Crippen molar-refractivity contribution in [2.75, 3.05) is 29.6 Å². The molecular formula is C21H20N6O. The first-order chi connectivity index (χ1) is 13.4. The molecule has 0 aliphatic heterocycles. The fourth-order valence-corrected chi connectivity index (χ4v) is 2.57. The summed E-state index contributed by atoms with van der Waals surface area (Å²) in [5.41, 5.74) is 3.81. The predicted molar refractivity (Wildman–Crippen MR) is 110 cm³/mol. The zero-order chi connectivity index (χ0) is 20.1. The Morgan fingerprint density at radius 1 is 1.04 bits per heavy atom. The summed E-state index contributed by atoms with van der Waals surface area (Å²) in [4.78, 5) is 23.2. The molecular weight excluding hydrogens is 352 g/mol. The number of hydrogen-bond donors (Lipinski definition) is 2. The van der Waals surface area contributed by atoms with Gasteiger partial charge in [0.2, 0.25) is 5.95 Å². The van der Waals surface area contributed by atoms with E-state index in [1.54, 1.807) is 37.3 Å². The summed E-state index contributed by atoms with van der Waals surface area (Å²) in [5, 5.41) is 14.9. The van der Waals surface area contributed by atoms with Crippen LogP contribution in [0.25, 0.3) is 0 Å². The fraction of sp³-hybridized carbons (Fsp3) is 0.143. The van der Waals surface area contributed by atoms with Crippen LogP contribution in [-0.4, -0.2) is 30.0 Å². The van der Waals surface area contributed by atoms with Crippen LogP contribution >= 0.6 is 0 Å². The van der Waals surface area contributed by atoms with Gasteiger partial charge in [-0.25, -0.2) is 9.97 Å². The topological polar surface area (TPSA) is 93.9 Å². The lowest BCUT2D eigenvalue weighted by Crippen LogP contribution is -2.15. The standard InChI is InChI=1S/C21H20N6O/c1-14-11-19(20(28)24-17-6-4-5-15(12-17)13-22)26-21(23-14)25-16-7-9-18(10-8-16)27(2)3/h4-12H,1-3H3,(H,24,28)(H,23,25,26). The Bertz CT molecular complexity index is 1040. The van der Waals surface area contributed by atoms with Crippen LogP contribution in [0, 0.1) is 18.3 Å². The Labute approximate surface area is 163 Å². The number of nitrogens with one attached hydrogen (secondary N) is 2. The van der Waals surface area contributed by atoms with Crippen LogP contribution in [0.3, 0.4) is 0 Å². The highest BCUT2D eigenvalue weighted by molar-refractivity contribution is 6.03. The molecule has 7 heteroatoms. The van der Waals surface area contributed by atoms with Gasteiger partial charge in [0.25, 0.3) is 5.91 Å². The van der Waals surface area contributed by atoms with Crippen LogP contribution in [0.5, 0.6) is 0 Å². The van der Waals surface area contributed by atoms with Gasteiger partial charge in [-0.15, -0.1) is 0 Å². The largest absolute Gasteiger partial charge is 0.378 e. The predicted octanol–water partition coefficient (Wildman–Crippen LogP) is 3.72. The monoisotopic (exact) mass is 372 g/mol. The van der Waals surface area contributed by atoms with Crippen LogP contribution in [0.2, 0.25) is 0 Å². The number of aromatic nitrogens is 2. The second-order valence-corrected chi connectivity index (χ2v) is 6.43. The van der Waals surface area contributed by atoms with E-state index in [1.165, 1.54) is 0 Å². The molecule has 0 fully saturated rings. The van der Waals surface area contributed by atoms with Gasteiger partial charge in [-0.2, -0.15) is 5.26 Å². The third-order valence-corrected chi connectivity index (χ3v) is 3.98. The normalized spacial score (nSPS) is 10.1. The molecule has 28 heavy (non-hydrogen) atoms. The van der Waals surface area contributed by atoms with Gasteiger partial charge in [-0.05, 0) is 55.5 Å². The number of carbonyl (C=O) groups excluding carboxylic acids is 1. The van der Waals surface area contributed by atoms with Gasteiger partial charge >= 0.3 is 0 Å². The van der Waals surface area contributed by atoms with Gasteiger partial charge in [-0.1, -0.05) is 6.07 Å². The summed E-state index contributed by atoms with van der Waals surface area (Å²) < 4.78 is 0. The Kier molecular flexibility index (Phi) is 5.51. The molecule has 0 aliphatic carbocycles. The van der Waals surface area contributed by atoms with Gasteiger partial charge < -0.3 is 15.5 Å². The van der Waals surface area contributed by atoms with E-state index in [0.717, 1.165) is 11.4 Å². The summed E-state index contributed by atoms with van der Waals surface area (Å²) >= 11 is 0. The summed E-state index contributed by atoms with van der Waals surface area (Å²) in [6.07, 6.45) is 0. The lowest BCUT2D eigenvalue weighted by Gasteiger charge is -2.13. The molecule has 0 radical (unpaired) electrons. The highest BCUT2D eigenvalue weighted by Gasteiger charge is 2.12. The third kappa shape index (κ3) is 4.62. The van der Waals surface area contributed by atoms with Gasteiger partial charge in [0.05, 0.1) is 11.6 Å². The zero-order valence-corrected chi connectivity index (χ0v) is 15.9. The second kappa shape index (κ2) is 8.18. The van der Waals surface area contributed by atoms with Gasteiger partial charge in [-0.3, -0.25) is 4.79 Å². The van der Waals surface area contributed by atoms with E-state index in [4.69, 9.17) is 5.26 Å². The average molecular weight is 372 g/mol. The fourth-order valence-electron chi connectivity index (χ4n) is 2.57. The third-order valence-electron chi connectivity index (χ3n) is 3.98. The molecule has 1 heterocycles. The first-order valence-electron chi connectivity index (χ1n) is 8.66. The van der Waals surface area contributed by atoms with E-state index < -0.39 is 0 Å². The summed E-state index contributed by atoms with van der Waals surface area (Å²) in [5.74, 6) is -0.0277. The molecule has 0 spiro atoms. The van der Waals surface area contributed by atoms with Crippen molar-refractivity contribution in [3.05, 3.63) is 71.5 Å². The van der Waals surface area contributed by atoms with Crippen molar-refractivity contribution in [2.24, 2.45) is 0 Å². The molecule has 3 aromatic rings. The molecule has 140 valence electrons. The number of aryl methyl sites for hydroxylation is 1. The quantitative estimate of drug-likeness (QED) is 0.709. The van der Waals surface area contributed by atoms with E-state index >= 15 is 0 Å². The molecule has 0 saturated heterocycles. The van der Waals surface area contributed by atoms with E-state index in [9.17, 15) is 4.79 Å². The maximum Gasteiger partial charge on any atom is 0.274 e. The number of anilines is 4. The van der Waals surface area contributed by atoms with E-state index in [-0.39, 0.29) is 11.6 Å². The Balaban J connectivity index is 1.78. The molecule has 7 nitrogen and oxygen atoms in total. The van der Waals surface area contributed by atoms with Crippen molar-refractivity contribution in [1.29, 1.82) is 5.26 Å². The summed E-state index contributed by atoms with van der Waals surface area (Å²) in [7, 11) is 3.95. The molecule has 0 aliphatic rings. The molecule has 2 aromatic carbocycles. The van der Waals surface area contributed by atoms with Gasteiger partial charge in [0.15, 0.2) is 0 Å². The highest BCUT2D eigenvalue weighted by Crippen LogP contribution is 2.19. The van der Waals surface area contributed by atoms with Crippen LogP contribution in [0.15, 0.2) is 54.6 Å². The number of nitrogens with zero attached hydrogens (tertiary/aromatic N) is 4. The molecule has 0 bridgehead atoms. The molecule has 0 atom stereocenters. The van der Waals surface area contributed by atoms with Crippen molar-refractivity contribution in [1.82, 2.24) is 9.97 Å². The van der Waals surface area contributed by atoms with Crippen LogP contribution < -0.4 is 15.5 Å². The number of benzene rings is 2. The average Bonchev–Trinajstić information content (AvgIpc) is 2.68. The van der Waals surface area contributed by atoms with Crippen LogP contribution in [0.1, 0.15) is 21.7 Å². The van der Waals surface area contributed by atoms with Gasteiger partial charge in [0.1, 0.15) is 5.69 Å².